The molecule has 26 heavy (non-hydrogen) atoms. The number of para-hydroxylation sites is 1. The van der Waals surface area contributed by atoms with Gasteiger partial charge in [0.25, 0.3) is 5.91 Å². The van der Waals surface area contributed by atoms with Gasteiger partial charge in [-0.15, -0.1) is 5.10 Å². The molecule has 2 N–H and O–H groups in total. The topological polar surface area (TPSA) is 136 Å². The van der Waals surface area contributed by atoms with E-state index < -0.39 is 22.3 Å². The fourth-order valence-corrected chi connectivity index (χ4v) is 2.69. The lowest BCUT2D eigenvalue weighted by Gasteiger charge is -2.03. The Kier molecular flexibility index (Phi) is 4.89. The number of amides is 1. The number of hydrogen-bond acceptors (Lipinski definition) is 7. The number of nitro benzene ring substituents is 1. The Hall–Kier alpha value is -3.34. The molecule has 0 aliphatic heterocycles. The summed E-state index contributed by atoms with van der Waals surface area (Å²) in [6.07, 6.45) is 1.12. The van der Waals surface area contributed by atoms with Crippen molar-refractivity contribution in [3.8, 4) is 5.75 Å². The molecule has 0 fully saturated rings. The van der Waals surface area contributed by atoms with Crippen LogP contribution in [0.1, 0.15) is 5.56 Å². The Balaban J connectivity index is 1.71. The number of nitro groups is 1. The van der Waals surface area contributed by atoms with E-state index in [2.05, 4.69) is 36.8 Å². The fourth-order valence-electron chi connectivity index (χ4n) is 2.22. The summed E-state index contributed by atoms with van der Waals surface area (Å²) >= 11 is 3.12. The first kappa shape index (κ1) is 17.5. The summed E-state index contributed by atoms with van der Waals surface area (Å²) in [4.78, 5) is 22.1. The number of carbonyl (C=O) groups excluding carboxylic acids is 1. The van der Waals surface area contributed by atoms with Crippen LogP contribution in [0.3, 0.4) is 0 Å². The van der Waals surface area contributed by atoms with E-state index in [9.17, 15) is 20.0 Å². The van der Waals surface area contributed by atoms with Crippen LogP contribution in [0, 0.1) is 10.1 Å². The molecule has 0 aliphatic rings. The second-order valence-electron chi connectivity index (χ2n) is 5.15. The van der Waals surface area contributed by atoms with Gasteiger partial charge in [0.15, 0.2) is 0 Å². The van der Waals surface area contributed by atoms with Gasteiger partial charge in [-0.25, -0.2) is 10.1 Å². The van der Waals surface area contributed by atoms with Gasteiger partial charge < -0.3 is 5.11 Å². The molecule has 0 atom stereocenters. The lowest BCUT2D eigenvalue weighted by atomic mass is 10.2. The lowest BCUT2D eigenvalue weighted by Crippen LogP contribution is -2.23. The van der Waals surface area contributed by atoms with Crippen LogP contribution in [0.4, 0.5) is 5.69 Å². The molecule has 2 aromatic carbocycles. The molecule has 1 aromatic heterocycles. The van der Waals surface area contributed by atoms with Gasteiger partial charge in [-0.2, -0.15) is 5.10 Å². The van der Waals surface area contributed by atoms with Crippen molar-refractivity contribution < 1.29 is 14.8 Å². The summed E-state index contributed by atoms with van der Waals surface area (Å²) in [5.41, 5.74) is 3.25. The van der Waals surface area contributed by atoms with E-state index in [0.717, 1.165) is 6.21 Å². The van der Waals surface area contributed by atoms with Gasteiger partial charge in [0, 0.05) is 16.1 Å². The quantitative estimate of drug-likeness (QED) is 0.369. The smallest absolute Gasteiger partial charge is 0.312 e. The van der Waals surface area contributed by atoms with Crippen molar-refractivity contribution in [2.24, 2.45) is 5.10 Å². The molecule has 132 valence electrons. The van der Waals surface area contributed by atoms with Gasteiger partial charge in [0.2, 0.25) is 5.75 Å². The van der Waals surface area contributed by atoms with Gasteiger partial charge >= 0.3 is 5.69 Å². The van der Waals surface area contributed by atoms with Crippen molar-refractivity contribution in [2.75, 3.05) is 0 Å². The summed E-state index contributed by atoms with van der Waals surface area (Å²) in [6.45, 7) is -0.109. The Morgan fingerprint density at radius 1 is 1.42 bits per heavy atom. The lowest BCUT2D eigenvalue weighted by molar-refractivity contribution is -0.385. The number of nitrogens with one attached hydrogen (secondary N) is 1. The number of nitrogens with zero attached hydrogens (tertiary/aromatic N) is 5. The number of fused-ring (bicyclic) bond motifs is 1. The molecule has 0 radical (unpaired) electrons. The SMILES string of the molecule is O=C(Cn1nnc2ccccc21)N/N=C\c1cc(Br)cc([N+](=O)[O-])c1O. The zero-order valence-corrected chi connectivity index (χ0v) is 14.6. The number of phenols is 1. The third-order valence-corrected chi connectivity index (χ3v) is 3.85. The summed E-state index contributed by atoms with van der Waals surface area (Å²) in [5, 5.41) is 32.3. The number of carbonyl (C=O) groups is 1. The van der Waals surface area contributed by atoms with Crippen molar-refractivity contribution in [3.05, 3.63) is 56.5 Å². The molecule has 1 amide bonds. The highest BCUT2D eigenvalue weighted by atomic mass is 79.9. The molecular weight excluding hydrogens is 408 g/mol. The molecule has 0 spiro atoms. The molecule has 0 unspecified atom stereocenters. The summed E-state index contributed by atoms with van der Waals surface area (Å²) < 4.78 is 1.81. The van der Waals surface area contributed by atoms with Crippen molar-refractivity contribution in [1.29, 1.82) is 0 Å². The van der Waals surface area contributed by atoms with E-state index in [1.807, 2.05) is 6.07 Å². The van der Waals surface area contributed by atoms with Crippen LogP contribution in [0.25, 0.3) is 11.0 Å². The number of rotatable bonds is 5. The van der Waals surface area contributed by atoms with Crippen molar-refractivity contribution in [2.45, 2.75) is 6.54 Å². The Morgan fingerprint density at radius 3 is 2.96 bits per heavy atom. The molecule has 0 saturated carbocycles. The van der Waals surface area contributed by atoms with Gasteiger partial charge in [0.1, 0.15) is 12.1 Å². The van der Waals surface area contributed by atoms with Crippen LogP contribution in [0.5, 0.6) is 5.75 Å². The van der Waals surface area contributed by atoms with Gasteiger partial charge in [-0.3, -0.25) is 14.9 Å². The van der Waals surface area contributed by atoms with E-state index in [4.69, 9.17) is 0 Å². The average Bonchev–Trinajstić information content (AvgIpc) is 3.00. The molecule has 0 saturated heterocycles. The molecule has 11 heteroatoms. The number of benzene rings is 2. The van der Waals surface area contributed by atoms with E-state index >= 15 is 0 Å². The van der Waals surface area contributed by atoms with Crippen molar-refractivity contribution in [3.63, 3.8) is 0 Å². The third kappa shape index (κ3) is 3.67. The van der Waals surface area contributed by atoms with Crippen LogP contribution in [0.2, 0.25) is 0 Å². The van der Waals surface area contributed by atoms with Gasteiger partial charge in [0.05, 0.1) is 16.7 Å². The van der Waals surface area contributed by atoms with E-state index in [0.29, 0.717) is 15.5 Å². The fraction of sp³-hybridized carbons (Fsp3) is 0.0667. The predicted molar refractivity (Wildman–Crippen MR) is 95.7 cm³/mol. The summed E-state index contributed by atoms with van der Waals surface area (Å²) in [5.74, 6) is -1.01. The van der Waals surface area contributed by atoms with Gasteiger partial charge in [-0.05, 0) is 18.2 Å². The summed E-state index contributed by atoms with van der Waals surface area (Å²) in [7, 11) is 0. The molecule has 3 aromatic rings. The third-order valence-electron chi connectivity index (χ3n) is 3.39. The first-order valence-electron chi connectivity index (χ1n) is 7.22. The van der Waals surface area contributed by atoms with Crippen molar-refractivity contribution >= 4 is 44.8 Å². The number of hydrogen-bond donors (Lipinski definition) is 2. The number of aromatic nitrogens is 3. The molecule has 0 bridgehead atoms. The molecule has 1 heterocycles. The molecule has 0 aliphatic carbocycles. The molecular formula is C15H11BrN6O4. The minimum Gasteiger partial charge on any atom is -0.502 e. The molecule has 10 nitrogen and oxygen atoms in total. The van der Waals surface area contributed by atoms with E-state index in [-0.39, 0.29) is 12.1 Å². The predicted octanol–water partition coefficient (Wildman–Crippen LogP) is 1.96. The maximum atomic E-state index is 12.0. The maximum Gasteiger partial charge on any atom is 0.312 e. The Morgan fingerprint density at radius 2 is 2.19 bits per heavy atom. The van der Waals surface area contributed by atoms with Gasteiger partial charge in [-0.1, -0.05) is 33.3 Å². The molecule has 3 rings (SSSR count). The van der Waals surface area contributed by atoms with Crippen LogP contribution >= 0.6 is 15.9 Å². The zero-order chi connectivity index (χ0) is 18.7. The average molecular weight is 419 g/mol. The Labute approximate surface area is 154 Å². The normalized spacial score (nSPS) is 11.1. The van der Waals surface area contributed by atoms with Crippen molar-refractivity contribution in [1.82, 2.24) is 20.4 Å². The number of hydrazone groups is 1. The monoisotopic (exact) mass is 418 g/mol. The maximum absolute atomic E-state index is 12.0. The number of halogens is 1. The minimum absolute atomic E-state index is 0.0811. The largest absolute Gasteiger partial charge is 0.502 e. The number of aromatic hydroxyl groups is 1. The van der Waals surface area contributed by atoms with E-state index in [1.165, 1.54) is 16.8 Å². The van der Waals surface area contributed by atoms with E-state index in [1.54, 1.807) is 18.2 Å². The first-order chi connectivity index (χ1) is 12.5. The van der Waals surface area contributed by atoms with Crippen LogP contribution < -0.4 is 5.43 Å². The Bertz CT molecular complexity index is 1030. The van der Waals surface area contributed by atoms with Crippen LogP contribution in [-0.2, 0) is 11.3 Å². The summed E-state index contributed by atoms with van der Waals surface area (Å²) in [6, 6.07) is 9.78. The van der Waals surface area contributed by atoms with Crippen LogP contribution in [0.15, 0.2) is 46.0 Å². The first-order valence-corrected chi connectivity index (χ1v) is 8.02. The second kappa shape index (κ2) is 7.27. The number of phenolic OH excluding ortho intramolecular Hbond substituents is 1. The highest BCUT2D eigenvalue weighted by molar-refractivity contribution is 9.10. The second-order valence-corrected chi connectivity index (χ2v) is 6.06. The highest BCUT2D eigenvalue weighted by Crippen LogP contribution is 2.32. The van der Waals surface area contributed by atoms with Crippen LogP contribution in [-0.4, -0.2) is 37.1 Å². The zero-order valence-electron chi connectivity index (χ0n) is 13.0. The standard InChI is InChI=1S/C15H11BrN6O4/c16-10-5-9(15(24)13(6-10)22(25)26)7-17-19-14(23)8-21-12-4-2-1-3-11(12)18-20-21/h1-7,24H,8H2,(H,19,23)/b17-7-. The minimum atomic E-state index is -0.716. The highest BCUT2D eigenvalue weighted by Gasteiger charge is 2.17.